The number of amides is 1. The predicted octanol–water partition coefficient (Wildman–Crippen LogP) is 5.15. The first-order valence-electron chi connectivity index (χ1n) is 10.5. The van der Waals surface area contributed by atoms with Crippen molar-refractivity contribution >= 4 is 46.2 Å². The summed E-state index contributed by atoms with van der Waals surface area (Å²) in [4.78, 5) is 15.6. The molecule has 2 aliphatic heterocycles. The van der Waals surface area contributed by atoms with Crippen LogP contribution in [0.2, 0.25) is 5.02 Å². The number of rotatable bonds is 4. The summed E-state index contributed by atoms with van der Waals surface area (Å²) >= 11 is 11.8. The molecule has 0 spiro atoms. The number of halogens is 1. The van der Waals surface area contributed by atoms with Gasteiger partial charge in [-0.2, -0.15) is 0 Å². The molecule has 168 valence electrons. The molecule has 8 heteroatoms. The van der Waals surface area contributed by atoms with Crippen molar-refractivity contribution < 1.29 is 14.3 Å². The predicted molar refractivity (Wildman–Crippen MR) is 133 cm³/mol. The Balaban J connectivity index is 1.62. The van der Waals surface area contributed by atoms with Gasteiger partial charge < -0.3 is 20.1 Å². The highest BCUT2D eigenvalue weighted by Crippen LogP contribution is 2.50. The van der Waals surface area contributed by atoms with Crippen LogP contribution in [0.25, 0.3) is 0 Å². The summed E-state index contributed by atoms with van der Waals surface area (Å²) in [5.74, 6) is 0.514. The maximum absolute atomic E-state index is 13.8. The standard InChI is InChI=1S/C25H22ClN3O3S/c1-25-21(23(30)27-16-10-8-15(26)9-11-16)22(19-14-18(31-2)12-13-20(19)32-25)28-24(33)29(25)17-6-4-3-5-7-17/h3-14,21-22H,1-2H3,(H,27,30)(H,28,33)/t21-,22+,25+/m0/s1. The van der Waals surface area contributed by atoms with Gasteiger partial charge in [0.15, 0.2) is 10.8 Å². The van der Waals surface area contributed by atoms with E-state index < -0.39 is 17.7 Å². The van der Waals surface area contributed by atoms with E-state index in [4.69, 9.17) is 33.3 Å². The molecule has 3 aromatic carbocycles. The smallest absolute Gasteiger partial charge is 0.236 e. The molecule has 0 saturated carbocycles. The molecule has 2 N–H and O–H groups in total. The number of fused-ring (bicyclic) bond motifs is 4. The highest BCUT2D eigenvalue weighted by molar-refractivity contribution is 7.80. The van der Waals surface area contributed by atoms with E-state index in [-0.39, 0.29) is 5.91 Å². The molecule has 1 fully saturated rings. The van der Waals surface area contributed by atoms with Crippen LogP contribution in [-0.4, -0.2) is 23.9 Å². The summed E-state index contributed by atoms with van der Waals surface area (Å²) in [7, 11) is 1.61. The Morgan fingerprint density at radius 2 is 1.88 bits per heavy atom. The van der Waals surface area contributed by atoms with Gasteiger partial charge in [0.2, 0.25) is 5.91 Å². The third kappa shape index (κ3) is 3.67. The second-order valence-corrected chi connectivity index (χ2v) is 8.96. The Morgan fingerprint density at radius 1 is 1.15 bits per heavy atom. The third-order valence-corrected chi connectivity index (χ3v) is 6.67. The molecule has 0 radical (unpaired) electrons. The monoisotopic (exact) mass is 479 g/mol. The number of hydrogen-bond donors (Lipinski definition) is 2. The lowest BCUT2D eigenvalue weighted by atomic mass is 9.78. The molecule has 3 atom stereocenters. The number of ether oxygens (including phenoxy) is 2. The summed E-state index contributed by atoms with van der Waals surface area (Å²) in [6.45, 7) is 1.90. The Morgan fingerprint density at radius 3 is 2.58 bits per heavy atom. The van der Waals surface area contributed by atoms with Crippen molar-refractivity contribution in [1.82, 2.24) is 5.32 Å². The zero-order chi connectivity index (χ0) is 23.2. The topological polar surface area (TPSA) is 62.8 Å². The summed E-state index contributed by atoms with van der Waals surface area (Å²) in [5.41, 5.74) is 1.22. The number of hydrogen-bond acceptors (Lipinski definition) is 4. The van der Waals surface area contributed by atoms with Crippen molar-refractivity contribution in [1.29, 1.82) is 0 Å². The van der Waals surface area contributed by atoms with E-state index in [9.17, 15) is 4.79 Å². The van der Waals surface area contributed by atoms with Crippen LogP contribution in [0.4, 0.5) is 11.4 Å². The fourth-order valence-corrected chi connectivity index (χ4v) is 5.15. The van der Waals surface area contributed by atoms with Crippen molar-refractivity contribution in [2.24, 2.45) is 5.92 Å². The molecular formula is C25H22ClN3O3S. The average molecular weight is 480 g/mol. The van der Waals surface area contributed by atoms with Gasteiger partial charge in [-0.1, -0.05) is 29.8 Å². The number of methoxy groups -OCH3 is 1. The SMILES string of the molecule is COc1ccc2c(c1)[C@H]1NC(=S)N(c3ccccc3)[C@](C)(O2)[C@@H]1C(=O)Nc1ccc(Cl)cc1. The third-order valence-electron chi connectivity index (χ3n) is 6.11. The second kappa shape index (κ2) is 8.24. The maximum Gasteiger partial charge on any atom is 0.236 e. The Kier molecular flexibility index (Phi) is 5.38. The van der Waals surface area contributed by atoms with Crippen LogP contribution in [-0.2, 0) is 4.79 Å². The normalized spacial score (nSPS) is 23.1. The van der Waals surface area contributed by atoms with Crippen LogP contribution in [0.5, 0.6) is 11.5 Å². The van der Waals surface area contributed by atoms with Crippen LogP contribution in [0.3, 0.4) is 0 Å². The number of anilines is 2. The van der Waals surface area contributed by atoms with Crippen LogP contribution in [0.1, 0.15) is 18.5 Å². The quantitative estimate of drug-likeness (QED) is 0.505. The maximum atomic E-state index is 13.8. The van der Waals surface area contributed by atoms with Crippen molar-refractivity contribution in [2.75, 3.05) is 17.3 Å². The van der Waals surface area contributed by atoms with Gasteiger partial charge in [-0.3, -0.25) is 9.69 Å². The van der Waals surface area contributed by atoms with Gasteiger partial charge >= 0.3 is 0 Å². The number of carbonyl (C=O) groups excluding carboxylic acids is 1. The minimum absolute atomic E-state index is 0.200. The average Bonchev–Trinajstić information content (AvgIpc) is 2.80. The molecule has 0 aromatic heterocycles. The van der Waals surface area contributed by atoms with Crippen LogP contribution in [0, 0.1) is 5.92 Å². The molecule has 33 heavy (non-hydrogen) atoms. The number of nitrogens with one attached hydrogen (secondary N) is 2. The zero-order valence-corrected chi connectivity index (χ0v) is 19.6. The van der Waals surface area contributed by atoms with Gasteiger partial charge in [0.05, 0.1) is 13.2 Å². The van der Waals surface area contributed by atoms with E-state index in [1.165, 1.54) is 0 Å². The van der Waals surface area contributed by atoms with E-state index >= 15 is 0 Å². The number of carbonyl (C=O) groups is 1. The van der Waals surface area contributed by atoms with E-state index in [1.54, 1.807) is 31.4 Å². The molecule has 2 heterocycles. The van der Waals surface area contributed by atoms with Crippen LogP contribution >= 0.6 is 23.8 Å². The Hall–Kier alpha value is -3.29. The second-order valence-electron chi connectivity index (χ2n) is 8.13. The van der Waals surface area contributed by atoms with E-state index in [2.05, 4.69) is 10.6 Å². The largest absolute Gasteiger partial charge is 0.497 e. The Bertz CT molecular complexity index is 1220. The minimum atomic E-state index is -1.08. The number of nitrogens with zero attached hydrogens (tertiary/aromatic N) is 1. The number of benzene rings is 3. The summed E-state index contributed by atoms with van der Waals surface area (Å²) in [5, 5.41) is 7.50. The lowest BCUT2D eigenvalue weighted by Crippen LogP contribution is -2.72. The van der Waals surface area contributed by atoms with Crippen molar-refractivity contribution in [3.63, 3.8) is 0 Å². The first kappa shape index (κ1) is 21.6. The number of para-hydroxylation sites is 1. The van der Waals surface area contributed by atoms with Gasteiger partial charge in [0.1, 0.15) is 17.4 Å². The highest BCUT2D eigenvalue weighted by atomic mass is 35.5. The number of thiocarbonyl (C=S) groups is 1. The molecule has 0 aliphatic carbocycles. The minimum Gasteiger partial charge on any atom is -0.497 e. The van der Waals surface area contributed by atoms with Gasteiger partial charge in [-0.15, -0.1) is 0 Å². The molecular weight excluding hydrogens is 458 g/mol. The fraction of sp³-hybridized carbons (Fsp3) is 0.200. The molecule has 1 amide bonds. The van der Waals surface area contributed by atoms with Gasteiger partial charge in [-0.05, 0) is 73.7 Å². The van der Waals surface area contributed by atoms with Gasteiger partial charge in [0.25, 0.3) is 0 Å². The lowest BCUT2D eigenvalue weighted by Gasteiger charge is -2.56. The van der Waals surface area contributed by atoms with Crippen molar-refractivity contribution in [3.05, 3.63) is 83.4 Å². The lowest BCUT2D eigenvalue weighted by molar-refractivity contribution is -0.130. The molecule has 6 nitrogen and oxygen atoms in total. The van der Waals surface area contributed by atoms with Gasteiger partial charge in [0, 0.05) is 22.0 Å². The molecule has 1 saturated heterocycles. The summed E-state index contributed by atoms with van der Waals surface area (Å²) < 4.78 is 12.0. The van der Waals surface area contributed by atoms with Crippen molar-refractivity contribution in [3.8, 4) is 11.5 Å². The molecule has 0 unspecified atom stereocenters. The fourth-order valence-electron chi connectivity index (χ4n) is 4.61. The summed E-state index contributed by atoms with van der Waals surface area (Å²) in [6, 6.07) is 21.9. The zero-order valence-electron chi connectivity index (χ0n) is 18.0. The van der Waals surface area contributed by atoms with E-state index in [1.807, 2.05) is 60.4 Å². The first-order chi connectivity index (χ1) is 15.9. The molecule has 2 aliphatic rings. The van der Waals surface area contributed by atoms with E-state index in [0.29, 0.717) is 27.3 Å². The van der Waals surface area contributed by atoms with Crippen molar-refractivity contribution in [2.45, 2.75) is 18.7 Å². The van der Waals surface area contributed by atoms with Gasteiger partial charge in [-0.25, -0.2) is 0 Å². The molecule has 3 aromatic rings. The molecule has 5 rings (SSSR count). The Labute approximate surface area is 202 Å². The van der Waals surface area contributed by atoms with Crippen LogP contribution < -0.4 is 25.0 Å². The molecule has 2 bridgehead atoms. The summed E-state index contributed by atoms with van der Waals surface area (Å²) in [6.07, 6.45) is 0. The first-order valence-corrected chi connectivity index (χ1v) is 11.3. The van der Waals surface area contributed by atoms with Crippen LogP contribution in [0.15, 0.2) is 72.8 Å². The highest BCUT2D eigenvalue weighted by Gasteiger charge is 2.59. The van der Waals surface area contributed by atoms with E-state index in [0.717, 1.165) is 11.3 Å².